The summed E-state index contributed by atoms with van der Waals surface area (Å²) < 4.78 is 0. The minimum absolute atomic E-state index is 0.0578. The molecule has 15 heavy (non-hydrogen) atoms. The Hall–Kier alpha value is -1.04. The smallest absolute Gasteiger partial charge is 0.131 e. The third-order valence-electron chi connectivity index (χ3n) is 2.00. The van der Waals surface area contributed by atoms with Gasteiger partial charge in [-0.2, -0.15) is 5.26 Å². The van der Waals surface area contributed by atoms with Crippen LogP contribution in [0.25, 0.3) is 0 Å². The first-order valence-electron chi connectivity index (χ1n) is 4.39. The van der Waals surface area contributed by atoms with Gasteiger partial charge in [0.25, 0.3) is 0 Å². The lowest BCUT2D eigenvalue weighted by Gasteiger charge is -2.11. The zero-order valence-electron chi connectivity index (χ0n) is 8.13. The fraction of sp³-hybridized carbons (Fsp3) is 0.273. The topological polar surface area (TPSA) is 40.9 Å². The monoisotopic (exact) mass is 241 g/mol. The normalized spacial score (nSPS) is 11.9. The van der Waals surface area contributed by atoms with Gasteiger partial charge in [-0.25, -0.2) is 0 Å². The van der Waals surface area contributed by atoms with Crippen molar-refractivity contribution in [3.05, 3.63) is 33.8 Å². The maximum atomic E-state index is 11.0. The number of rotatable bonds is 3. The predicted molar refractivity (Wildman–Crippen MR) is 60.1 cm³/mol. The SMILES string of the molecule is CC(=O)CC(C#N)c1c(Cl)cccc1Cl. The number of halogens is 2. The van der Waals surface area contributed by atoms with Gasteiger partial charge in [-0.05, 0) is 19.1 Å². The number of Topliss-reactive ketones (excluding diaryl/α,β-unsaturated/α-hetero) is 1. The molecular formula is C11H9Cl2NO. The van der Waals surface area contributed by atoms with Crippen LogP contribution >= 0.6 is 23.2 Å². The van der Waals surface area contributed by atoms with Crippen molar-refractivity contribution in [3.63, 3.8) is 0 Å². The van der Waals surface area contributed by atoms with Crippen LogP contribution in [0.15, 0.2) is 18.2 Å². The molecule has 0 radical (unpaired) electrons. The van der Waals surface area contributed by atoms with E-state index in [1.54, 1.807) is 18.2 Å². The van der Waals surface area contributed by atoms with E-state index in [1.807, 2.05) is 6.07 Å². The minimum atomic E-state index is -0.566. The first kappa shape index (κ1) is 12.0. The Morgan fingerprint density at radius 2 is 2.00 bits per heavy atom. The van der Waals surface area contributed by atoms with Crippen LogP contribution in [0.4, 0.5) is 0 Å². The van der Waals surface area contributed by atoms with Crippen LogP contribution in [0.3, 0.4) is 0 Å². The molecule has 1 atom stereocenters. The van der Waals surface area contributed by atoms with Crippen molar-refractivity contribution < 1.29 is 4.79 Å². The number of hydrogen-bond donors (Lipinski definition) is 0. The summed E-state index contributed by atoms with van der Waals surface area (Å²) in [7, 11) is 0. The van der Waals surface area contributed by atoms with Crippen molar-refractivity contribution in [2.24, 2.45) is 0 Å². The minimum Gasteiger partial charge on any atom is -0.300 e. The molecule has 78 valence electrons. The lowest BCUT2D eigenvalue weighted by Crippen LogP contribution is -2.03. The molecule has 0 N–H and O–H groups in total. The molecule has 4 heteroatoms. The molecule has 0 spiro atoms. The standard InChI is InChI=1S/C11H9Cl2NO/c1-7(15)5-8(6-14)11-9(12)3-2-4-10(11)13/h2-4,8H,5H2,1H3. The summed E-state index contributed by atoms with van der Waals surface area (Å²) in [5.41, 5.74) is 0.540. The van der Waals surface area contributed by atoms with Crippen LogP contribution in [0.2, 0.25) is 10.0 Å². The molecule has 0 aliphatic carbocycles. The highest BCUT2D eigenvalue weighted by Gasteiger charge is 2.18. The van der Waals surface area contributed by atoms with Gasteiger partial charge in [0.1, 0.15) is 5.78 Å². The largest absolute Gasteiger partial charge is 0.300 e. The zero-order chi connectivity index (χ0) is 11.4. The highest BCUT2D eigenvalue weighted by atomic mass is 35.5. The van der Waals surface area contributed by atoms with E-state index in [0.29, 0.717) is 15.6 Å². The first-order valence-corrected chi connectivity index (χ1v) is 5.14. The number of benzene rings is 1. The van der Waals surface area contributed by atoms with E-state index in [4.69, 9.17) is 28.5 Å². The van der Waals surface area contributed by atoms with E-state index in [-0.39, 0.29) is 12.2 Å². The van der Waals surface area contributed by atoms with E-state index in [0.717, 1.165) is 0 Å². The summed E-state index contributed by atoms with van der Waals surface area (Å²) in [4.78, 5) is 11.0. The van der Waals surface area contributed by atoms with Crippen molar-refractivity contribution in [1.29, 1.82) is 5.26 Å². The van der Waals surface area contributed by atoms with E-state index < -0.39 is 5.92 Å². The third kappa shape index (κ3) is 2.95. The number of carbonyl (C=O) groups is 1. The van der Waals surface area contributed by atoms with Gasteiger partial charge in [0.2, 0.25) is 0 Å². The Balaban J connectivity index is 3.13. The predicted octanol–water partition coefficient (Wildman–Crippen LogP) is 3.58. The van der Waals surface area contributed by atoms with Gasteiger partial charge in [0.05, 0.1) is 12.0 Å². The van der Waals surface area contributed by atoms with Crippen LogP contribution in [0, 0.1) is 11.3 Å². The van der Waals surface area contributed by atoms with Crippen molar-refractivity contribution >= 4 is 29.0 Å². The van der Waals surface area contributed by atoms with E-state index in [2.05, 4.69) is 0 Å². The quantitative estimate of drug-likeness (QED) is 0.812. The maximum absolute atomic E-state index is 11.0. The van der Waals surface area contributed by atoms with Crippen LogP contribution < -0.4 is 0 Å². The molecule has 0 saturated carbocycles. The summed E-state index contributed by atoms with van der Waals surface area (Å²) in [6.07, 6.45) is 0.139. The first-order chi connectivity index (χ1) is 7.06. The highest BCUT2D eigenvalue weighted by Crippen LogP contribution is 2.33. The fourth-order valence-corrected chi connectivity index (χ4v) is 2.00. The highest BCUT2D eigenvalue weighted by molar-refractivity contribution is 6.36. The van der Waals surface area contributed by atoms with Crippen LogP contribution in [0.5, 0.6) is 0 Å². The molecule has 0 amide bonds. The van der Waals surface area contributed by atoms with E-state index >= 15 is 0 Å². The molecule has 0 aliphatic heterocycles. The summed E-state index contributed by atoms with van der Waals surface area (Å²) >= 11 is 11.9. The Kier molecular flexibility index (Phi) is 4.14. The van der Waals surface area contributed by atoms with Gasteiger partial charge in [0.15, 0.2) is 0 Å². The van der Waals surface area contributed by atoms with Gasteiger partial charge in [-0.3, -0.25) is 4.79 Å². The second-order valence-electron chi connectivity index (χ2n) is 3.22. The molecule has 0 aliphatic rings. The Morgan fingerprint density at radius 1 is 1.47 bits per heavy atom. The lowest BCUT2D eigenvalue weighted by molar-refractivity contribution is -0.117. The lowest BCUT2D eigenvalue weighted by atomic mass is 9.95. The molecule has 1 rings (SSSR count). The number of ketones is 1. The van der Waals surface area contributed by atoms with Crippen molar-refractivity contribution in [2.75, 3.05) is 0 Å². The van der Waals surface area contributed by atoms with Crippen LogP contribution in [-0.4, -0.2) is 5.78 Å². The molecule has 1 aromatic rings. The van der Waals surface area contributed by atoms with Gasteiger partial charge in [-0.15, -0.1) is 0 Å². The molecule has 0 aromatic heterocycles. The van der Waals surface area contributed by atoms with E-state index in [1.165, 1.54) is 6.92 Å². The van der Waals surface area contributed by atoms with Crippen LogP contribution in [0.1, 0.15) is 24.8 Å². The number of hydrogen-bond acceptors (Lipinski definition) is 2. The molecule has 0 bridgehead atoms. The summed E-state index contributed by atoms with van der Waals surface area (Å²) in [5.74, 6) is -0.624. The van der Waals surface area contributed by atoms with Gasteiger partial charge >= 0.3 is 0 Å². The molecule has 2 nitrogen and oxygen atoms in total. The fourth-order valence-electron chi connectivity index (χ4n) is 1.34. The molecule has 0 saturated heterocycles. The Labute approximate surface area is 98.4 Å². The van der Waals surface area contributed by atoms with Crippen molar-refractivity contribution in [2.45, 2.75) is 19.3 Å². The second kappa shape index (κ2) is 5.16. The van der Waals surface area contributed by atoms with E-state index in [9.17, 15) is 4.79 Å². The van der Waals surface area contributed by atoms with Crippen LogP contribution in [-0.2, 0) is 4.79 Å². The number of carbonyl (C=O) groups excluding carboxylic acids is 1. The van der Waals surface area contributed by atoms with Gasteiger partial charge in [-0.1, -0.05) is 29.3 Å². The zero-order valence-corrected chi connectivity index (χ0v) is 9.64. The van der Waals surface area contributed by atoms with Gasteiger partial charge in [0, 0.05) is 22.0 Å². The number of nitriles is 1. The van der Waals surface area contributed by atoms with Crippen molar-refractivity contribution in [3.8, 4) is 6.07 Å². The Morgan fingerprint density at radius 3 is 2.40 bits per heavy atom. The second-order valence-corrected chi connectivity index (χ2v) is 4.04. The molecule has 0 fully saturated rings. The summed E-state index contributed by atoms with van der Waals surface area (Å²) in [6.45, 7) is 1.44. The summed E-state index contributed by atoms with van der Waals surface area (Å²) in [6, 6.07) is 7.07. The molecular weight excluding hydrogens is 233 g/mol. The number of nitrogens with zero attached hydrogens (tertiary/aromatic N) is 1. The Bertz CT molecular complexity index is 403. The average molecular weight is 242 g/mol. The van der Waals surface area contributed by atoms with Crippen molar-refractivity contribution in [1.82, 2.24) is 0 Å². The molecule has 1 aromatic carbocycles. The maximum Gasteiger partial charge on any atom is 0.131 e. The van der Waals surface area contributed by atoms with Gasteiger partial charge < -0.3 is 0 Å². The molecule has 0 heterocycles. The third-order valence-corrected chi connectivity index (χ3v) is 2.65. The summed E-state index contributed by atoms with van der Waals surface area (Å²) in [5, 5.41) is 9.81. The molecule has 1 unspecified atom stereocenters. The average Bonchev–Trinajstić information content (AvgIpc) is 2.15.